The van der Waals surface area contributed by atoms with Crippen LogP contribution in [0.4, 0.5) is 0 Å². The molecule has 0 radical (unpaired) electrons. The van der Waals surface area contributed by atoms with Gasteiger partial charge in [0.05, 0.1) is 13.2 Å². The first-order valence-electron chi connectivity index (χ1n) is 6.28. The lowest BCUT2D eigenvalue weighted by Crippen LogP contribution is -2.05. The molecule has 106 valence electrons. The molecule has 1 atom stereocenters. The summed E-state index contributed by atoms with van der Waals surface area (Å²) in [5.41, 5.74) is 2.99. The number of aliphatic hydroxyl groups is 1. The maximum atomic E-state index is 10.5. The standard InChI is InChI=1S/C16H16Br2O2/c1-10-3-4-13(18)9-14(10)15(19)8-11-7-12(17)5-6-16(11)20-2/h3-7,9,15,19H,8H2,1-2H3. The first-order valence-corrected chi connectivity index (χ1v) is 7.86. The van der Waals surface area contributed by atoms with E-state index in [1.54, 1.807) is 7.11 Å². The fourth-order valence-corrected chi connectivity index (χ4v) is 2.98. The molecule has 0 spiro atoms. The number of ether oxygens (including phenoxy) is 1. The highest BCUT2D eigenvalue weighted by Gasteiger charge is 2.14. The van der Waals surface area contributed by atoms with Crippen molar-refractivity contribution in [2.45, 2.75) is 19.4 Å². The molecule has 0 aliphatic rings. The van der Waals surface area contributed by atoms with Crippen molar-refractivity contribution in [1.82, 2.24) is 0 Å². The van der Waals surface area contributed by atoms with Gasteiger partial charge < -0.3 is 9.84 Å². The van der Waals surface area contributed by atoms with Crippen LogP contribution in [0.3, 0.4) is 0 Å². The predicted molar refractivity (Wildman–Crippen MR) is 88.2 cm³/mol. The smallest absolute Gasteiger partial charge is 0.122 e. The Bertz CT molecular complexity index is 611. The van der Waals surface area contributed by atoms with Crippen molar-refractivity contribution >= 4 is 31.9 Å². The third-order valence-electron chi connectivity index (χ3n) is 3.26. The lowest BCUT2D eigenvalue weighted by molar-refractivity contribution is 0.176. The van der Waals surface area contributed by atoms with Gasteiger partial charge in [-0.2, -0.15) is 0 Å². The van der Waals surface area contributed by atoms with Crippen LogP contribution in [-0.4, -0.2) is 12.2 Å². The monoisotopic (exact) mass is 398 g/mol. The van der Waals surface area contributed by atoms with Gasteiger partial charge in [0.15, 0.2) is 0 Å². The maximum Gasteiger partial charge on any atom is 0.122 e. The van der Waals surface area contributed by atoms with E-state index in [1.165, 1.54) is 0 Å². The van der Waals surface area contributed by atoms with Gasteiger partial charge in [-0.1, -0.05) is 37.9 Å². The Balaban J connectivity index is 2.29. The largest absolute Gasteiger partial charge is 0.496 e. The molecule has 0 bridgehead atoms. The molecular formula is C16H16Br2O2. The molecular weight excluding hydrogens is 384 g/mol. The highest BCUT2D eigenvalue weighted by atomic mass is 79.9. The molecule has 4 heteroatoms. The number of rotatable bonds is 4. The van der Waals surface area contributed by atoms with Crippen LogP contribution in [0.15, 0.2) is 45.3 Å². The Labute approximate surface area is 136 Å². The second kappa shape index (κ2) is 6.74. The van der Waals surface area contributed by atoms with Crippen LogP contribution in [0.2, 0.25) is 0 Å². The molecule has 2 rings (SSSR count). The minimum absolute atomic E-state index is 0.514. The van der Waals surface area contributed by atoms with Gasteiger partial charge in [0.2, 0.25) is 0 Å². The van der Waals surface area contributed by atoms with E-state index in [0.717, 1.165) is 31.4 Å². The molecule has 2 nitrogen and oxygen atoms in total. The molecule has 2 aromatic carbocycles. The Hall–Kier alpha value is -0.840. The average molecular weight is 400 g/mol. The topological polar surface area (TPSA) is 29.5 Å². The zero-order valence-corrected chi connectivity index (χ0v) is 14.5. The molecule has 0 heterocycles. The molecule has 0 aromatic heterocycles. The van der Waals surface area contributed by atoms with E-state index in [-0.39, 0.29) is 0 Å². The molecule has 0 amide bonds. The summed E-state index contributed by atoms with van der Waals surface area (Å²) in [6, 6.07) is 11.8. The molecule has 1 unspecified atom stereocenters. The van der Waals surface area contributed by atoms with Gasteiger partial charge in [0.1, 0.15) is 5.75 Å². The zero-order valence-electron chi connectivity index (χ0n) is 11.4. The van der Waals surface area contributed by atoms with Crippen molar-refractivity contribution in [2.24, 2.45) is 0 Å². The Morgan fingerprint density at radius 3 is 2.45 bits per heavy atom. The number of methoxy groups -OCH3 is 1. The van der Waals surface area contributed by atoms with Crippen molar-refractivity contribution < 1.29 is 9.84 Å². The van der Waals surface area contributed by atoms with Crippen LogP contribution in [0.1, 0.15) is 22.8 Å². The number of halogens is 2. The van der Waals surface area contributed by atoms with E-state index >= 15 is 0 Å². The molecule has 20 heavy (non-hydrogen) atoms. The molecule has 2 aromatic rings. The Morgan fingerprint density at radius 1 is 1.10 bits per heavy atom. The minimum Gasteiger partial charge on any atom is -0.496 e. The van der Waals surface area contributed by atoms with Gasteiger partial charge in [-0.3, -0.25) is 0 Å². The lowest BCUT2D eigenvalue weighted by Gasteiger charge is -2.16. The van der Waals surface area contributed by atoms with E-state index in [0.29, 0.717) is 6.42 Å². The van der Waals surface area contributed by atoms with Gasteiger partial charge >= 0.3 is 0 Å². The highest BCUT2D eigenvalue weighted by molar-refractivity contribution is 9.10. The predicted octanol–water partition coefficient (Wildman–Crippen LogP) is 4.80. The zero-order chi connectivity index (χ0) is 14.7. The van der Waals surface area contributed by atoms with Gasteiger partial charge in [-0.05, 0) is 53.9 Å². The first-order chi connectivity index (χ1) is 9.51. The molecule has 0 saturated heterocycles. The SMILES string of the molecule is COc1ccc(Br)cc1CC(O)c1cc(Br)ccc1C. The van der Waals surface area contributed by atoms with Crippen LogP contribution < -0.4 is 4.74 Å². The highest BCUT2D eigenvalue weighted by Crippen LogP contribution is 2.30. The number of hydrogen-bond donors (Lipinski definition) is 1. The fourth-order valence-electron chi connectivity index (χ4n) is 2.20. The summed E-state index contributed by atoms with van der Waals surface area (Å²) < 4.78 is 7.30. The van der Waals surface area contributed by atoms with E-state index in [4.69, 9.17) is 4.74 Å². The van der Waals surface area contributed by atoms with Crippen molar-refractivity contribution in [2.75, 3.05) is 7.11 Å². The van der Waals surface area contributed by atoms with Crippen LogP contribution in [-0.2, 0) is 6.42 Å². The number of aryl methyl sites for hydroxylation is 1. The number of hydrogen-bond acceptors (Lipinski definition) is 2. The van der Waals surface area contributed by atoms with E-state index in [2.05, 4.69) is 31.9 Å². The summed E-state index contributed by atoms with van der Waals surface area (Å²) >= 11 is 6.90. The number of aliphatic hydroxyl groups excluding tert-OH is 1. The Kier molecular flexibility index (Phi) is 5.24. The van der Waals surface area contributed by atoms with Gasteiger partial charge in [0, 0.05) is 15.4 Å². The third kappa shape index (κ3) is 3.62. The lowest BCUT2D eigenvalue weighted by atomic mass is 9.97. The average Bonchev–Trinajstić information content (AvgIpc) is 2.41. The first kappa shape index (κ1) is 15.5. The van der Waals surface area contributed by atoms with Crippen molar-refractivity contribution in [3.8, 4) is 5.75 Å². The Morgan fingerprint density at radius 2 is 1.75 bits per heavy atom. The van der Waals surface area contributed by atoms with Crippen molar-refractivity contribution in [3.63, 3.8) is 0 Å². The van der Waals surface area contributed by atoms with Crippen LogP contribution in [0.25, 0.3) is 0 Å². The van der Waals surface area contributed by atoms with E-state index < -0.39 is 6.10 Å². The summed E-state index contributed by atoms with van der Waals surface area (Å²) in [5, 5.41) is 10.5. The molecule has 0 aliphatic heterocycles. The molecule has 0 fully saturated rings. The van der Waals surface area contributed by atoms with Crippen LogP contribution in [0, 0.1) is 6.92 Å². The number of benzene rings is 2. The van der Waals surface area contributed by atoms with Crippen LogP contribution in [0.5, 0.6) is 5.75 Å². The van der Waals surface area contributed by atoms with Crippen molar-refractivity contribution in [1.29, 1.82) is 0 Å². The second-order valence-electron chi connectivity index (χ2n) is 4.68. The molecule has 0 saturated carbocycles. The summed E-state index contributed by atoms with van der Waals surface area (Å²) in [6.45, 7) is 2.00. The normalized spacial score (nSPS) is 12.2. The van der Waals surface area contributed by atoms with E-state index in [1.807, 2.05) is 43.3 Å². The molecule has 1 N–H and O–H groups in total. The summed E-state index contributed by atoms with van der Waals surface area (Å²) in [6.07, 6.45) is -0.0457. The van der Waals surface area contributed by atoms with E-state index in [9.17, 15) is 5.11 Å². The molecule has 0 aliphatic carbocycles. The van der Waals surface area contributed by atoms with Gasteiger partial charge in [-0.15, -0.1) is 0 Å². The minimum atomic E-state index is -0.560. The summed E-state index contributed by atoms with van der Waals surface area (Å²) in [7, 11) is 1.64. The second-order valence-corrected chi connectivity index (χ2v) is 6.51. The summed E-state index contributed by atoms with van der Waals surface area (Å²) in [5.74, 6) is 0.792. The summed E-state index contributed by atoms with van der Waals surface area (Å²) in [4.78, 5) is 0. The van der Waals surface area contributed by atoms with Crippen LogP contribution >= 0.6 is 31.9 Å². The maximum absolute atomic E-state index is 10.5. The fraction of sp³-hybridized carbons (Fsp3) is 0.250. The van der Waals surface area contributed by atoms with Crippen molar-refractivity contribution in [3.05, 3.63) is 62.0 Å². The van der Waals surface area contributed by atoms with Gasteiger partial charge in [-0.25, -0.2) is 0 Å². The third-order valence-corrected chi connectivity index (χ3v) is 4.24. The quantitative estimate of drug-likeness (QED) is 0.799. The van der Waals surface area contributed by atoms with Gasteiger partial charge in [0.25, 0.3) is 0 Å².